The molecule has 0 atom stereocenters. The fourth-order valence-corrected chi connectivity index (χ4v) is 1.48. The average Bonchev–Trinajstić information content (AvgIpc) is 2.42. The van der Waals surface area contributed by atoms with Gasteiger partial charge in [0.1, 0.15) is 17.2 Å². The quantitative estimate of drug-likeness (QED) is 0.679. The van der Waals surface area contributed by atoms with Gasteiger partial charge in [0.25, 0.3) is 6.16 Å². The van der Waals surface area contributed by atoms with Crippen LogP contribution in [0.15, 0.2) is 48.5 Å². The van der Waals surface area contributed by atoms with Crippen LogP contribution in [0.4, 0.5) is 9.59 Å². The normalized spacial score (nSPS) is 9.71. The van der Waals surface area contributed by atoms with Crippen molar-refractivity contribution in [1.29, 1.82) is 0 Å². The third kappa shape index (κ3) is 4.43. The second kappa shape index (κ2) is 6.29. The summed E-state index contributed by atoms with van der Waals surface area (Å²) in [6.07, 6.45) is -3.04. The van der Waals surface area contributed by atoms with Gasteiger partial charge in [-0.3, -0.25) is 0 Å². The summed E-state index contributed by atoms with van der Waals surface area (Å²) in [7, 11) is 0. The average molecular weight is 289 g/mol. The summed E-state index contributed by atoms with van der Waals surface area (Å²) < 4.78 is 14.3. The second-order valence-corrected chi connectivity index (χ2v) is 3.76. The van der Waals surface area contributed by atoms with Gasteiger partial charge >= 0.3 is 6.16 Å². The Kier molecular flexibility index (Phi) is 4.25. The van der Waals surface area contributed by atoms with Crippen molar-refractivity contribution in [3.05, 3.63) is 48.5 Å². The number of benzene rings is 2. The predicted molar refractivity (Wildman–Crippen MR) is 67.6 cm³/mol. The molecule has 2 aromatic rings. The van der Waals surface area contributed by atoms with Crippen molar-refractivity contribution in [2.75, 3.05) is 0 Å². The molecule has 0 unspecified atom stereocenters. The maximum absolute atomic E-state index is 10.3. The van der Waals surface area contributed by atoms with Crippen molar-refractivity contribution >= 4 is 12.3 Å². The highest BCUT2D eigenvalue weighted by Crippen LogP contribution is 2.25. The van der Waals surface area contributed by atoms with Crippen molar-refractivity contribution in [3.8, 4) is 23.0 Å². The summed E-state index contributed by atoms with van der Waals surface area (Å²) in [5.74, 6) is 1.20. The molecule has 0 aromatic heterocycles. The van der Waals surface area contributed by atoms with Crippen LogP contribution in [0.3, 0.4) is 0 Å². The molecule has 0 radical (unpaired) electrons. The lowest BCUT2D eigenvalue weighted by Crippen LogP contribution is -2.26. The Morgan fingerprint density at radius 3 is 1.52 bits per heavy atom. The summed E-state index contributed by atoms with van der Waals surface area (Å²) >= 11 is 0. The maximum Gasteiger partial charge on any atom is 0.511 e. The fraction of sp³-hybridized carbons (Fsp3) is 0. The highest BCUT2D eigenvalue weighted by atomic mass is 16.7. The Labute approximate surface area is 118 Å². The van der Waals surface area contributed by atoms with E-state index < -0.39 is 12.3 Å². The van der Waals surface area contributed by atoms with Gasteiger partial charge in [0, 0.05) is 0 Å². The first-order chi connectivity index (χ1) is 10.0. The van der Waals surface area contributed by atoms with E-state index in [0.29, 0.717) is 11.5 Å². The van der Waals surface area contributed by atoms with E-state index in [0.717, 1.165) is 0 Å². The monoisotopic (exact) mass is 289 g/mol. The van der Waals surface area contributed by atoms with E-state index in [9.17, 15) is 14.7 Å². The maximum atomic E-state index is 10.3. The van der Waals surface area contributed by atoms with Gasteiger partial charge < -0.3 is 29.2 Å². The van der Waals surface area contributed by atoms with Gasteiger partial charge in [0.2, 0.25) is 0 Å². The Hall–Kier alpha value is -3.22. The molecule has 0 aliphatic rings. The van der Waals surface area contributed by atoms with E-state index in [1.165, 1.54) is 48.5 Å². The number of ether oxygens (including phenoxy) is 3. The lowest BCUT2D eigenvalue weighted by Gasteiger charge is -2.10. The first-order valence-electron chi connectivity index (χ1n) is 5.70. The van der Waals surface area contributed by atoms with Crippen molar-refractivity contribution in [2.45, 2.75) is 0 Å². The SMILES string of the molecule is O=C([O-])Oc1ccc(Oc2ccc(OC(=O)O)cc2)cc1. The number of hydrogen-bond donors (Lipinski definition) is 1. The molecule has 2 aromatic carbocycles. The number of rotatable bonds is 4. The third-order valence-electron chi connectivity index (χ3n) is 2.29. The minimum absolute atomic E-state index is 0.118. The summed E-state index contributed by atoms with van der Waals surface area (Å²) in [4.78, 5) is 20.6. The molecular weight excluding hydrogens is 280 g/mol. The first kappa shape index (κ1) is 14.2. The standard InChI is InChI=1S/C14H10O7/c15-13(16)20-11-5-1-9(2-6-11)19-10-3-7-12(8-4-10)21-14(17)18/h1-8H,(H,15,16)(H,17,18)/p-1. The lowest BCUT2D eigenvalue weighted by molar-refractivity contribution is -0.271. The second-order valence-electron chi connectivity index (χ2n) is 3.76. The van der Waals surface area contributed by atoms with Gasteiger partial charge in [0.15, 0.2) is 0 Å². The Morgan fingerprint density at radius 2 is 1.14 bits per heavy atom. The van der Waals surface area contributed by atoms with Crippen molar-refractivity contribution in [2.24, 2.45) is 0 Å². The summed E-state index contributed by atoms with van der Waals surface area (Å²) in [6, 6.07) is 11.8. The number of carboxylic acid groups (broad SMARTS) is 2. The lowest BCUT2D eigenvalue weighted by atomic mass is 10.3. The van der Waals surface area contributed by atoms with Crippen LogP contribution < -0.4 is 19.3 Å². The Balaban J connectivity index is 2.01. The third-order valence-corrected chi connectivity index (χ3v) is 2.29. The molecule has 0 saturated heterocycles. The van der Waals surface area contributed by atoms with Crippen LogP contribution in [-0.2, 0) is 0 Å². The molecule has 0 amide bonds. The number of carbonyl (C=O) groups excluding carboxylic acids is 1. The van der Waals surface area contributed by atoms with Crippen LogP contribution in [0, 0.1) is 0 Å². The molecular formula is C14H9O7-. The summed E-state index contributed by atoms with van der Waals surface area (Å²) in [5, 5.41) is 18.7. The minimum Gasteiger partial charge on any atom is -0.514 e. The molecule has 0 aliphatic carbocycles. The van der Waals surface area contributed by atoms with Crippen molar-refractivity contribution in [3.63, 3.8) is 0 Å². The minimum atomic E-state index is -1.64. The Bertz CT molecular complexity index is 574. The molecule has 108 valence electrons. The van der Waals surface area contributed by atoms with Gasteiger partial charge in [-0.15, -0.1) is 0 Å². The van der Waals surface area contributed by atoms with Crippen LogP contribution in [0.1, 0.15) is 0 Å². The van der Waals surface area contributed by atoms with E-state index >= 15 is 0 Å². The van der Waals surface area contributed by atoms with E-state index in [1.54, 1.807) is 0 Å². The first-order valence-corrected chi connectivity index (χ1v) is 5.70. The highest BCUT2D eigenvalue weighted by Gasteiger charge is 2.02. The molecule has 0 fully saturated rings. The zero-order valence-corrected chi connectivity index (χ0v) is 10.5. The predicted octanol–water partition coefficient (Wildman–Crippen LogP) is 2.26. The smallest absolute Gasteiger partial charge is 0.511 e. The molecule has 0 saturated carbocycles. The molecule has 0 bridgehead atoms. The Morgan fingerprint density at radius 1 is 0.762 bits per heavy atom. The molecule has 2 rings (SSSR count). The molecule has 7 heteroatoms. The van der Waals surface area contributed by atoms with Crippen LogP contribution in [-0.4, -0.2) is 17.4 Å². The van der Waals surface area contributed by atoms with E-state index in [2.05, 4.69) is 9.47 Å². The zero-order valence-electron chi connectivity index (χ0n) is 10.5. The fourth-order valence-electron chi connectivity index (χ4n) is 1.48. The topological polar surface area (TPSA) is 105 Å². The molecule has 1 N–H and O–H groups in total. The van der Waals surface area contributed by atoms with Gasteiger partial charge in [-0.25, -0.2) is 4.79 Å². The molecule has 7 nitrogen and oxygen atoms in total. The van der Waals surface area contributed by atoms with Crippen LogP contribution >= 0.6 is 0 Å². The van der Waals surface area contributed by atoms with Crippen LogP contribution in [0.2, 0.25) is 0 Å². The van der Waals surface area contributed by atoms with Crippen molar-refractivity contribution < 1.29 is 34.0 Å². The molecule has 0 heterocycles. The summed E-state index contributed by atoms with van der Waals surface area (Å²) in [5.41, 5.74) is 0. The van der Waals surface area contributed by atoms with E-state index in [1.807, 2.05) is 0 Å². The van der Waals surface area contributed by atoms with Gasteiger partial charge in [-0.05, 0) is 48.5 Å². The molecule has 21 heavy (non-hydrogen) atoms. The largest absolute Gasteiger partial charge is 0.514 e. The van der Waals surface area contributed by atoms with Crippen LogP contribution in [0.5, 0.6) is 23.0 Å². The van der Waals surface area contributed by atoms with Gasteiger partial charge in [-0.1, -0.05) is 0 Å². The zero-order chi connectivity index (χ0) is 15.2. The van der Waals surface area contributed by atoms with Crippen LogP contribution in [0.25, 0.3) is 0 Å². The van der Waals surface area contributed by atoms with Gasteiger partial charge in [0.05, 0.1) is 5.75 Å². The molecule has 0 aliphatic heterocycles. The molecule has 0 spiro atoms. The van der Waals surface area contributed by atoms with Crippen molar-refractivity contribution in [1.82, 2.24) is 0 Å². The van der Waals surface area contributed by atoms with E-state index in [4.69, 9.17) is 9.84 Å². The number of hydrogen-bond acceptors (Lipinski definition) is 6. The van der Waals surface area contributed by atoms with Gasteiger partial charge in [-0.2, -0.15) is 0 Å². The summed E-state index contributed by atoms with van der Waals surface area (Å²) in [6.45, 7) is 0. The number of carbonyl (C=O) groups is 2. The highest BCUT2D eigenvalue weighted by molar-refractivity contribution is 5.61. The van der Waals surface area contributed by atoms with E-state index in [-0.39, 0.29) is 11.5 Å².